The van der Waals surface area contributed by atoms with Gasteiger partial charge in [-0.3, -0.25) is 28.9 Å². The minimum absolute atomic E-state index is 0.937. The van der Waals surface area contributed by atoms with Gasteiger partial charge in [0, 0.05) is 5.39 Å². The number of fused-ring (bicyclic) bond motifs is 1. The number of rotatable bonds is 8. The van der Waals surface area contributed by atoms with Crippen LogP contribution in [0.5, 0.6) is 0 Å². The summed E-state index contributed by atoms with van der Waals surface area (Å²) in [5.41, 5.74) is 1.90. The van der Waals surface area contributed by atoms with Gasteiger partial charge < -0.3 is 0 Å². The first-order chi connectivity index (χ1) is 14.1. The number of nitrogens with zero attached hydrogens (tertiary/aromatic N) is 6. The second-order valence-electron chi connectivity index (χ2n) is 7.83. The Morgan fingerprint density at radius 3 is 1.43 bits per heavy atom. The number of benzene rings is 2. The van der Waals surface area contributed by atoms with Gasteiger partial charge in [0.25, 0.3) is 0 Å². The van der Waals surface area contributed by atoms with Crippen molar-refractivity contribution in [2.45, 2.75) is 0 Å². The van der Waals surface area contributed by atoms with Crippen molar-refractivity contribution in [1.29, 1.82) is 0 Å². The van der Waals surface area contributed by atoms with Gasteiger partial charge in [0.2, 0.25) is 0 Å². The summed E-state index contributed by atoms with van der Waals surface area (Å²) in [5, 5.41) is 9.03. The first-order valence-electron chi connectivity index (χ1n) is 9.91. The Hall–Kier alpha value is -1.08. The molecule has 168 valence electrons. The molecule has 0 saturated heterocycles. The van der Waals surface area contributed by atoms with Gasteiger partial charge in [0.15, 0.2) is 15.0 Å². The van der Waals surface area contributed by atoms with Crippen molar-refractivity contribution < 1.29 is 0 Å². The number of nitrogens with one attached hydrogen (secondary N) is 2. The van der Waals surface area contributed by atoms with Gasteiger partial charge in [0.1, 0.15) is 0 Å². The predicted octanol–water partition coefficient (Wildman–Crippen LogP) is 4.68. The van der Waals surface area contributed by atoms with E-state index in [1.165, 1.54) is 0 Å². The van der Waals surface area contributed by atoms with E-state index in [1.54, 1.807) is 0 Å². The van der Waals surface area contributed by atoms with Crippen LogP contribution in [0.4, 0.5) is 11.4 Å². The fourth-order valence-electron chi connectivity index (χ4n) is 3.81. The minimum atomic E-state index is -2.09. The second-order valence-corrected chi connectivity index (χ2v) is 14.6. The highest BCUT2D eigenvalue weighted by Crippen LogP contribution is 2.58. The zero-order chi connectivity index (χ0) is 22.7. The van der Waals surface area contributed by atoms with Gasteiger partial charge in [-0.2, -0.15) is 0 Å². The summed E-state index contributed by atoms with van der Waals surface area (Å²) >= 11 is 0. The molecule has 0 heterocycles. The Morgan fingerprint density at radius 2 is 1.07 bits per heavy atom. The van der Waals surface area contributed by atoms with E-state index in [0.29, 0.717) is 0 Å². The molecule has 10 heteroatoms. The third kappa shape index (κ3) is 4.57. The summed E-state index contributed by atoms with van der Waals surface area (Å²) < 4.78 is 19.4. The third-order valence-corrected chi connectivity index (χ3v) is 11.8. The van der Waals surface area contributed by atoms with Crippen molar-refractivity contribution in [2.75, 3.05) is 70.5 Å². The Labute approximate surface area is 182 Å². The molecule has 0 aromatic heterocycles. The Kier molecular flexibility index (Phi) is 8.42. The topological polar surface area (TPSA) is 61.7 Å². The van der Waals surface area contributed by atoms with Crippen LogP contribution in [0.1, 0.15) is 0 Å². The zero-order valence-electron chi connectivity index (χ0n) is 20.0. The van der Waals surface area contributed by atoms with Crippen LogP contribution in [0.2, 0.25) is 0 Å². The zero-order valence-corrected chi connectivity index (χ0v) is 21.8. The highest BCUT2D eigenvalue weighted by molar-refractivity contribution is 7.60. The van der Waals surface area contributed by atoms with Crippen LogP contribution in [0.15, 0.2) is 45.9 Å². The average molecular weight is 453 g/mol. The third-order valence-electron chi connectivity index (χ3n) is 5.17. The van der Waals surface area contributed by atoms with Crippen LogP contribution in [0.25, 0.3) is 10.8 Å². The molecule has 0 saturated carbocycles. The van der Waals surface area contributed by atoms with Crippen molar-refractivity contribution >= 4 is 37.2 Å². The number of hydrogen-bond donors (Lipinski definition) is 2. The fourth-order valence-corrected chi connectivity index (χ4v) is 8.83. The summed E-state index contributed by atoms with van der Waals surface area (Å²) in [6, 6.07) is 12.6. The molecule has 0 unspecified atom stereocenters. The molecule has 2 aromatic carbocycles. The van der Waals surface area contributed by atoms with E-state index in [-0.39, 0.29) is 0 Å². The summed E-state index contributed by atoms with van der Waals surface area (Å²) in [5.74, 6) is 0. The van der Waals surface area contributed by atoms with Gasteiger partial charge in [-0.15, -0.1) is 0 Å². The van der Waals surface area contributed by atoms with E-state index < -0.39 is 15.0 Å². The number of hydrogen-bond acceptors (Lipinski definition) is 2. The van der Waals surface area contributed by atoms with Crippen molar-refractivity contribution in [3.8, 4) is 0 Å². The Bertz CT molecular complexity index is 940. The first kappa shape index (κ1) is 25.2. The highest BCUT2D eigenvalue weighted by Gasteiger charge is 2.29. The quantitative estimate of drug-likeness (QED) is 0.567. The summed E-state index contributed by atoms with van der Waals surface area (Å²) in [6.45, 7) is 0. The lowest BCUT2D eigenvalue weighted by Gasteiger charge is -2.41. The van der Waals surface area contributed by atoms with E-state index >= 15 is 0 Å². The smallest absolute Gasteiger partial charge is 0.171 e. The molecule has 0 radical (unpaired) electrons. The molecule has 0 bridgehead atoms. The van der Waals surface area contributed by atoms with Gasteiger partial charge in [-0.1, -0.05) is 24.3 Å². The molecule has 0 aliphatic carbocycles. The van der Waals surface area contributed by atoms with Crippen LogP contribution in [-0.2, 0) is 0 Å². The van der Waals surface area contributed by atoms with Crippen molar-refractivity contribution in [3.05, 3.63) is 36.4 Å². The molecule has 2 aromatic rings. The Morgan fingerprint density at radius 1 is 0.633 bits per heavy atom. The van der Waals surface area contributed by atoms with E-state index in [9.17, 15) is 0 Å². The average Bonchev–Trinajstić information content (AvgIpc) is 2.69. The highest BCUT2D eigenvalue weighted by atomic mass is 31.2. The molecule has 0 aliphatic rings. The van der Waals surface area contributed by atoms with Crippen molar-refractivity contribution in [2.24, 2.45) is 9.49 Å². The molecule has 0 amide bonds. The molecule has 0 atom stereocenters. The predicted molar refractivity (Wildman–Crippen MR) is 135 cm³/mol. The summed E-state index contributed by atoms with van der Waals surface area (Å²) in [6.07, 6.45) is 0. The lowest BCUT2D eigenvalue weighted by molar-refractivity contribution is 0.474. The van der Waals surface area contributed by atoms with Gasteiger partial charge in [-0.05, 0) is 88.0 Å². The van der Waals surface area contributed by atoms with E-state index in [1.807, 2.05) is 28.2 Å². The molecule has 0 aliphatic heterocycles. The molecule has 0 fully saturated rings. The maximum Gasteiger partial charge on any atom is 0.171 e. The molecular weight excluding hydrogens is 414 g/mol. The van der Waals surface area contributed by atoms with Crippen LogP contribution >= 0.6 is 15.0 Å². The lowest BCUT2D eigenvalue weighted by Crippen LogP contribution is -2.30. The fraction of sp³-hybridized carbons (Fsp3) is 0.500. The lowest BCUT2D eigenvalue weighted by atomic mass is 10.1. The standard InChI is InChI=1S/C20H38N8P2/c1-21-29(22-2,25(3)4)23-18-15-11-13-17-14-12-16-19(20(17)18)24-30(26(5)6,27(7)8)28(9)10/h11-16,21-22H,1-10H3. The first-order valence-corrected chi connectivity index (χ1v) is 13.2. The molecule has 0 spiro atoms. The van der Waals surface area contributed by atoms with E-state index in [0.717, 1.165) is 22.1 Å². The monoisotopic (exact) mass is 452 g/mol. The minimum Gasteiger partial charge on any atom is -0.262 e. The van der Waals surface area contributed by atoms with Gasteiger partial charge in [0.05, 0.1) is 11.4 Å². The molecule has 30 heavy (non-hydrogen) atoms. The second kappa shape index (κ2) is 10.0. The van der Waals surface area contributed by atoms with Crippen molar-refractivity contribution in [1.82, 2.24) is 28.9 Å². The van der Waals surface area contributed by atoms with Crippen molar-refractivity contribution in [3.63, 3.8) is 0 Å². The maximum atomic E-state index is 5.39. The van der Waals surface area contributed by atoms with E-state index in [4.69, 9.17) is 9.49 Å². The van der Waals surface area contributed by atoms with Crippen LogP contribution in [0.3, 0.4) is 0 Å². The summed E-state index contributed by atoms with van der Waals surface area (Å²) in [7, 11) is 16.4. The SMILES string of the molecule is CNP(=Nc1cccc2cccc(N=P(N(C)C)(N(C)C)N(C)C)c12)(NC)N(C)C. The van der Waals surface area contributed by atoms with Crippen LogP contribution < -0.4 is 10.2 Å². The largest absolute Gasteiger partial charge is 0.262 e. The normalized spacial score (nSPS) is 13.1. The molecule has 8 nitrogen and oxygen atoms in total. The molecule has 2 N–H and O–H groups in total. The van der Waals surface area contributed by atoms with Crippen LogP contribution in [0, 0.1) is 0 Å². The Balaban J connectivity index is 2.98. The van der Waals surface area contributed by atoms with Gasteiger partial charge in [-0.25, -0.2) is 9.49 Å². The van der Waals surface area contributed by atoms with Gasteiger partial charge >= 0.3 is 0 Å². The maximum absolute atomic E-state index is 5.39. The summed E-state index contributed by atoms with van der Waals surface area (Å²) in [4.78, 5) is 0. The van der Waals surface area contributed by atoms with Crippen LogP contribution in [-0.4, -0.2) is 89.2 Å². The molecular formula is C20H38N8P2. The van der Waals surface area contributed by atoms with E-state index in [2.05, 4.69) is 108 Å². The molecule has 2 rings (SSSR count).